The van der Waals surface area contributed by atoms with Gasteiger partial charge in [-0.1, -0.05) is 29.3 Å². The summed E-state index contributed by atoms with van der Waals surface area (Å²) >= 11 is 11.6. The molecule has 0 bridgehead atoms. The lowest BCUT2D eigenvalue weighted by Crippen LogP contribution is -2.07. The zero-order chi connectivity index (χ0) is 14.7. The second-order valence-electron chi connectivity index (χ2n) is 3.49. The van der Waals surface area contributed by atoms with Gasteiger partial charge >= 0.3 is 5.97 Å². The van der Waals surface area contributed by atoms with E-state index in [1.165, 1.54) is 12.1 Å². The van der Waals surface area contributed by atoms with E-state index in [1.54, 1.807) is 0 Å². The van der Waals surface area contributed by atoms with Gasteiger partial charge in [0.25, 0.3) is 0 Å². The van der Waals surface area contributed by atoms with Crippen molar-refractivity contribution >= 4 is 29.2 Å². The molecule has 0 unspecified atom stereocenters. The fourth-order valence-corrected chi connectivity index (χ4v) is 1.78. The van der Waals surface area contributed by atoms with Crippen LogP contribution in [0.5, 0.6) is 11.6 Å². The third kappa shape index (κ3) is 2.81. The van der Waals surface area contributed by atoms with Crippen molar-refractivity contribution in [3.8, 4) is 11.6 Å². The minimum absolute atomic E-state index is 0.0237. The standard InChI is InChI=1S/C12H7Cl2FN2O3/c1-19-12(18)8-10(14)16-5-17-11(8)20-9-6(13)3-2-4-7(9)15/h2-5H,1H3. The van der Waals surface area contributed by atoms with E-state index in [-0.39, 0.29) is 27.4 Å². The summed E-state index contributed by atoms with van der Waals surface area (Å²) in [6.45, 7) is 0. The predicted octanol–water partition coefficient (Wildman–Crippen LogP) is 3.50. The molecular formula is C12H7Cl2FN2O3. The highest BCUT2D eigenvalue weighted by Crippen LogP contribution is 2.33. The van der Waals surface area contributed by atoms with E-state index in [1.807, 2.05) is 0 Å². The molecule has 1 aromatic heterocycles. The van der Waals surface area contributed by atoms with Crippen molar-refractivity contribution in [1.29, 1.82) is 0 Å². The molecule has 20 heavy (non-hydrogen) atoms. The Morgan fingerprint density at radius 3 is 2.70 bits per heavy atom. The Kier molecular flexibility index (Phi) is 4.36. The Bertz CT molecular complexity index is 647. The molecule has 0 aliphatic heterocycles. The maximum atomic E-state index is 13.6. The van der Waals surface area contributed by atoms with Crippen LogP contribution >= 0.6 is 23.2 Å². The van der Waals surface area contributed by atoms with Gasteiger partial charge in [-0.15, -0.1) is 0 Å². The van der Waals surface area contributed by atoms with Crippen molar-refractivity contribution in [1.82, 2.24) is 9.97 Å². The van der Waals surface area contributed by atoms with Crippen molar-refractivity contribution in [2.75, 3.05) is 7.11 Å². The van der Waals surface area contributed by atoms with Gasteiger partial charge < -0.3 is 9.47 Å². The summed E-state index contributed by atoms with van der Waals surface area (Å²) in [6, 6.07) is 4.00. The van der Waals surface area contributed by atoms with E-state index in [0.29, 0.717) is 0 Å². The SMILES string of the molecule is COC(=O)c1c(Cl)ncnc1Oc1c(F)cccc1Cl. The molecule has 0 saturated carbocycles. The summed E-state index contributed by atoms with van der Waals surface area (Å²) < 4.78 is 23.4. The number of benzene rings is 1. The molecule has 2 aromatic rings. The van der Waals surface area contributed by atoms with Gasteiger partial charge in [-0.2, -0.15) is 0 Å². The van der Waals surface area contributed by atoms with Crippen molar-refractivity contribution < 1.29 is 18.7 Å². The van der Waals surface area contributed by atoms with Crippen LogP contribution < -0.4 is 4.74 Å². The van der Waals surface area contributed by atoms with Gasteiger partial charge in [-0.05, 0) is 12.1 Å². The van der Waals surface area contributed by atoms with Crippen molar-refractivity contribution in [3.05, 3.63) is 46.1 Å². The van der Waals surface area contributed by atoms with Crippen LogP contribution in [0.1, 0.15) is 10.4 Å². The second-order valence-corrected chi connectivity index (χ2v) is 4.25. The zero-order valence-corrected chi connectivity index (χ0v) is 11.6. The molecule has 0 fully saturated rings. The second kappa shape index (κ2) is 6.02. The van der Waals surface area contributed by atoms with Gasteiger partial charge in [0, 0.05) is 0 Å². The van der Waals surface area contributed by atoms with E-state index in [2.05, 4.69) is 14.7 Å². The Labute approximate surface area is 123 Å². The van der Waals surface area contributed by atoms with Crippen LogP contribution in [0.2, 0.25) is 10.2 Å². The number of ether oxygens (including phenoxy) is 2. The van der Waals surface area contributed by atoms with Gasteiger partial charge in [0.15, 0.2) is 22.3 Å². The predicted molar refractivity (Wildman–Crippen MR) is 69.9 cm³/mol. The largest absolute Gasteiger partial charge is 0.465 e. The number of aromatic nitrogens is 2. The number of methoxy groups -OCH3 is 1. The van der Waals surface area contributed by atoms with Crippen LogP contribution in [0.15, 0.2) is 24.5 Å². The number of hydrogen-bond acceptors (Lipinski definition) is 5. The molecule has 0 saturated heterocycles. The summed E-state index contributed by atoms with van der Waals surface area (Å²) in [5.41, 5.74) is -0.212. The molecule has 0 aliphatic carbocycles. The molecule has 2 rings (SSSR count). The molecule has 104 valence electrons. The van der Waals surface area contributed by atoms with Crippen LogP contribution in [0.25, 0.3) is 0 Å². The van der Waals surface area contributed by atoms with Crippen molar-refractivity contribution in [2.24, 2.45) is 0 Å². The first-order valence-electron chi connectivity index (χ1n) is 5.25. The fraction of sp³-hybridized carbons (Fsp3) is 0.0833. The van der Waals surface area contributed by atoms with Crippen LogP contribution in [0.4, 0.5) is 4.39 Å². The molecule has 5 nitrogen and oxygen atoms in total. The topological polar surface area (TPSA) is 61.3 Å². The lowest BCUT2D eigenvalue weighted by molar-refractivity contribution is 0.0596. The maximum Gasteiger partial charge on any atom is 0.346 e. The molecule has 0 aliphatic rings. The lowest BCUT2D eigenvalue weighted by atomic mass is 10.3. The quantitative estimate of drug-likeness (QED) is 0.640. The summed E-state index contributed by atoms with van der Waals surface area (Å²) in [7, 11) is 1.16. The summed E-state index contributed by atoms with van der Waals surface area (Å²) in [5, 5.41) is -0.148. The van der Waals surface area contributed by atoms with Gasteiger partial charge in [0.2, 0.25) is 5.88 Å². The average molecular weight is 317 g/mol. The Morgan fingerprint density at radius 2 is 2.05 bits per heavy atom. The highest BCUT2D eigenvalue weighted by molar-refractivity contribution is 6.33. The molecule has 1 aromatic carbocycles. The van der Waals surface area contributed by atoms with E-state index >= 15 is 0 Å². The minimum Gasteiger partial charge on any atom is -0.465 e. The Morgan fingerprint density at radius 1 is 1.30 bits per heavy atom. The monoisotopic (exact) mass is 316 g/mol. The third-order valence-corrected chi connectivity index (χ3v) is 2.86. The minimum atomic E-state index is -0.807. The maximum absolute atomic E-state index is 13.6. The number of carbonyl (C=O) groups is 1. The van der Waals surface area contributed by atoms with Crippen LogP contribution in [-0.4, -0.2) is 23.0 Å². The Hall–Kier alpha value is -1.92. The van der Waals surface area contributed by atoms with E-state index in [0.717, 1.165) is 19.5 Å². The highest BCUT2D eigenvalue weighted by atomic mass is 35.5. The Balaban J connectivity index is 2.49. The van der Waals surface area contributed by atoms with Crippen LogP contribution in [0, 0.1) is 5.82 Å². The smallest absolute Gasteiger partial charge is 0.346 e. The van der Waals surface area contributed by atoms with Gasteiger partial charge in [0.05, 0.1) is 12.1 Å². The molecule has 0 N–H and O–H groups in total. The number of rotatable bonds is 3. The van der Waals surface area contributed by atoms with Crippen molar-refractivity contribution in [2.45, 2.75) is 0 Å². The van der Waals surface area contributed by atoms with Crippen molar-refractivity contribution in [3.63, 3.8) is 0 Å². The normalized spacial score (nSPS) is 10.2. The van der Waals surface area contributed by atoms with Crippen LogP contribution in [0.3, 0.4) is 0 Å². The molecule has 1 heterocycles. The number of carbonyl (C=O) groups excluding carboxylic acids is 1. The van der Waals surface area contributed by atoms with Gasteiger partial charge in [-0.3, -0.25) is 0 Å². The highest BCUT2D eigenvalue weighted by Gasteiger charge is 2.22. The lowest BCUT2D eigenvalue weighted by Gasteiger charge is -2.10. The van der Waals surface area contributed by atoms with E-state index in [9.17, 15) is 9.18 Å². The average Bonchev–Trinajstić information content (AvgIpc) is 2.42. The first-order valence-corrected chi connectivity index (χ1v) is 6.01. The molecule has 8 heteroatoms. The summed E-state index contributed by atoms with van der Waals surface area (Å²) in [6.07, 6.45) is 1.07. The zero-order valence-electron chi connectivity index (χ0n) is 10.1. The van der Waals surface area contributed by atoms with Crippen LogP contribution in [-0.2, 0) is 4.74 Å². The summed E-state index contributed by atoms with van der Waals surface area (Å²) in [4.78, 5) is 19.0. The van der Waals surface area contributed by atoms with Gasteiger partial charge in [-0.25, -0.2) is 19.2 Å². The molecule has 0 atom stereocenters. The number of halogens is 3. The molecule has 0 spiro atoms. The number of nitrogens with zero attached hydrogens (tertiary/aromatic N) is 2. The first kappa shape index (κ1) is 14.5. The molecule has 0 radical (unpaired) electrons. The fourth-order valence-electron chi connectivity index (χ4n) is 1.38. The first-order chi connectivity index (χ1) is 9.54. The third-order valence-electron chi connectivity index (χ3n) is 2.27. The van der Waals surface area contributed by atoms with Gasteiger partial charge in [0.1, 0.15) is 6.33 Å². The summed E-state index contributed by atoms with van der Waals surface area (Å²) in [5.74, 6) is -2.03. The molecular weight excluding hydrogens is 310 g/mol. The molecule has 0 amide bonds. The number of para-hydroxylation sites is 1. The number of esters is 1. The van der Waals surface area contributed by atoms with E-state index in [4.69, 9.17) is 27.9 Å². The van der Waals surface area contributed by atoms with E-state index < -0.39 is 11.8 Å². The number of hydrogen-bond donors (Lipinski definition) is 0.